The Morgan fingerprint density at radius 3 is 2.82 bits per heavy atom. The minimum absolute atomic E-state index is 0.0228. The van der Waals surface area contributed by atoms with Crippen LogP contribution in [0.25, 0.3) is 0 Å². The molecule has 11 heavy (non-hydrogen) atoms. The highest BCUT2D eigenvalue weighted by molar-refractivity contribution is 5.89. The summed E-state index contributed by atoms with van der Waals surface area (Å²) >= 11 is 0. The molecule has 1 rings (SSSR count). The standard InChI is InChI=1S/C7H5NO3/c9-4-5-1-6(7(10)11)3-8-2-5/h1-4H,(H,10,11). The first-order valence-corrected chi connectivity index (χ1v) is 2.87. The monoisotopic (exact) mass is 151 g/mol. The molecule has 1 aromatic rings. The van der Waals surface area contributed by atoms with Gasteiger partial charge in [-0.3, -0.25) is 9.78 Å². The van der Waals surface area contributed by atoms with Gasteiger partial charge in [0.1, 0.15) is 0 Å². The fraction of sp³-hybridized carbons (Fsp3) is 0. The molecule has 56 valence electrons. The number of carbonyl (C=O) groups is 2. The second kappa shape index (κ2) is 2.92. The third-order valence-corrected chi connectivity index (χ3v) is 1.14. The minimum atomic E-state index is -1.08. The lowest BCUT2D eigenvalue weighted by atomic mass is 10.2. The van der Waals surface area contributed by atoms with E-state index in [1.54, 1.807) is 0 Å². The van der Waals surface area contributed by atoms with Gasteiger partial charge in [0, 0.05) is 18.0 Å². The van der Waals surface area contributed by atoms with E-state index < -0.39 is 5.97 Å². The lowest BCUT2D eigenvalue weighted by Crippen LogP contribution is -1.97. The van der Waals surface area contributed by atoms with E-state index in [4.69, 9.17) is 5.11 Å². The highest BCUT2D eigenvalue weighted by Crippen LogP contribution is 1.99. The van der Waals surface area contributed by atoms with E-state index in [2.05, 4.69) is 4.98 Å². The number of carbonyl (C=O) groups excluding carboxylic acids is 1. The second-order valence-electron chi connectivity index (χ2n) is 1.93. The van der Waals surface area contributed by atoms with Crippen LogP contribution in [0.4, 0.5) is 0 Å². The van der Waals surface area contributed by atoms with Crippen molar-refractivity contribution in [3.63, 3.8) is 0 Å². The Bertz CT molecular complexity index is 295. The molecule has 0 saturated carbocycles. The van der Waals surface area contributed by atoms with E-state index in [0.717, 1.165) is 0 Å². The van der Waals surface area contributed by atoms with E-state index in [1.165, 1.54) is 18.5 Å². The van der Waals surface area contributed by atoms with Crippen LogP contribution in [0.5, 0.6) is 0 Å². The predicted molar refractivity (Wildman–Crippen MR) is 36.6 cm³/mol. The summed E-state index contributed by atoms with van der Waals surface area (Å²) in [5, 5.41) is 8.45. The Morgan fingerprint density at radius 1 is 1.55 bits per heavy atom. The van der Waals surface area contributed by atoms with Gasteiger partial charge in [0.25, 0.3) is 0 Å². The van der Waals surface area contributed by atoms with Crippen LogP contribution in [0.15, 0.2) is 18.5 Å². The molecule has 0 radical (unpaired) electrons. The Labute approximate surface area is 62.5 Å². The van der Waals surface area contributed by atoms with Crippen LogP contribution in [0, 0.1) is 0 Å². The van der Waals surface area contributed by atoms with Crippen LogP contribution in [-0.4, -0.2) is 22.3 Å². The summed E-state index contributed by atoms with van der Waals surface area (Å²) < 4.78 is 0. The first-order valence-electron chi connectivity index (χ1n) is 2.87. The number of aromatic nitrogens is 1. The molecule has 0 aliphatic carbocycles. The van der Waals surface area contributed by atoms with Crippen LogP contribution in [0.2, 0.25) is 0 Å². The van der Waals surface area contributed by atoms with Crippen molar-refractivity contribution in [2.75, 3.05) is 0 Å². The second-order valence-corrected chi connectivity index (χ2v) is 1.93. The number of pyridine rings is 1. The fourth-order valence-corrected chi connectivity index (χ4v) is 0.639. The Kier molecular flexibility index (Phi) is 1.96. The number of nitrogens with zero attached hydrogens (tertiary/aromatic N) is 1. The molecule has 0 atom stereocenters. The summed E-state index contributed by atoms with van der Waals surface area (Å²) in [6.45, 7) is 0. The normalized spacial score (nSPS) is 9.09. The topological polar surface area (TPSA) is 67.3 Å². The maximum Gasteiger partial charge on any atom is 0.337 e. The summed E-state index contributed by atoms with van der Waals surface area (Å²) in [4.78, 5) is 24.0. The van der Waals surface area contributed by atoms with Gasteiger partial charge in [-0.15, -0.1) is 0 Å². The third kappa shape index (κ3) is 1.61. The number of carboxylic acid groups (broad SMARTS) is 1. The molecule has 0 amide bonds. The molecule has 0 aliphatic heterocycles. The van der Waals surface area contributed by atoms with Crippen LogP contribution >= 0.6 is 0 Å². The number of aldehydes is 1. The smallest absolute Gasteiger partial charge is 0.337 e. The zero-order valence-electron chi connectivity index (χ0n) is 5.52. The van der Waals surface area contributed by atoms with Crippen LogP contribution in [-0.2, 0) is 0 Å². The maximum atomic E-state index is 10.3. The molecule has 0 unspecified atom stereocenters. The summed E-state index contributed by atoms with van der Waals surface area (Å²) in [5.41, 5.74) is 0.291. The van der Waals surface area contributed by atoms with E-state index in [9.17, 15) is 9.59 Å². The average molecular weight is 151 g/mol. The fourth-order valence-electron chi connectivity index (χ4n) is 0.639. The van der Waals surface area contributed by atoms with Gasteiger partial charge in [0.15, 0.2) is 6.29 Å². The predicted octanol–water partition coefficient (Wildman–Crippen LogP) is 0.592. The van der Waals surface area contributed by atoms with Gasteiger partial charge in [-0.05, 0) is 6.07 Å². The van der Waals surface area contributed by atoms with Crippen molar-refractivity contribution < 1.29 is 14.7 Å². The summed E-state index contributed by atoms with van der Waals surface area (Å²) in [6, 6.07) is 1.27. The molecule has 1 N–H and O–H groups in total. The Morgan fingerprint density at radius 2 is 2.27 bits per heavy atom. The van der Waals surface area contributed by atoms with Gasteiger partial charge >= 0.3 is 5.97 Å². The first-order chi connectivity index (χ1) is 5.24. The molecular weight excluding hydrogens is 146 g/mol. The van der Waals surface area contributed by atoms with Gasteiger partial charge in [0.05, 0.1) is 5.56 Å². The van der Waals surface area contributed by atoms with Crippen molar-refractivity contribution in [1.82, 2.24) is 4.98 Å². The van der Waals surface area contributed by atoms with E-state index >= 15 is 0 Å². The van der Waals surface area contributed by atoms with Gasteiger partial charge < -0.3 is 5.11 Å². The van der Waals surface area contributed by atoms with E-state index in [-0.39, 0.29) is 11.1 Å². The molecule has 0 saturated heterocycles. The minimum Gasteiger partial charge on any atom is -0.478 e. The molecule has 0 bridgehead atoms. The zero-order valence-corrected chi connectivity index (χ0v) is 5.52. The molecular formula is C7H5NO3. The highest BCUT2D eigenvalue weighted by atomic mass is 16.4. The van der Waals surface area contributed by atoms with Gasteiger partial charge in [-0.1, -0.05) is 0 Å². The molecule has 4 heteroatoms. The number of rotatable bonds is 2. The number of aromatic carboxylic acids is 1. The third-order valence-electron chi connectivity index (χ3n) is 1.14. The molecule has 0 spiro atoms. The molecule has 0 aromatic carbocycles. The van der Waals surface area contributed by atoms with Gasteiger partial charge in [-0.25, -0.2) is 4.79 Å². The van der Waals surface area contributed by atoms with Gasteiger partial charge in [-0.2, -0.15) is 0 Å². The van der Waals surface area contributed by atoms with Crippen molar-refractivity contribution in [1.29, 1.82) is 0 Å². The van der Waals surface area contributed by atoms with Gasteiger partial charge in [0.2, 0.25) is 0 Å². The summed E-state index contributed by atoms with van der Waals surface area (Å²) in [7, 11) is 0. The summed E-state index contributed by atoms with van der Waals surface area (Å²) in [5.74, 6) is -1.08. The average Bonchev–Trinajstić information content (AvgIpc) is 2.05. The molecule has 1 heterocycles. The van der Waals surface area contributed by atoms with E-state index in [1.807, 2.05) is 0 Å². The van der Waals surface area contributed by atoms with Crippen LogP contribution in [0.3, 0.4) is 0 Å². The summed E-state index contributed by atoms with van der Waals surface area (Å²) in [6.07, 6.45) is 3.05. The molecule has 0 aliphatic rings. The SMILES string of the molecule is O=Cc1cncc(C(=O)O)c1. The zero-order chi connectivity index (χ0) is 8.27. The van der Waals surface area contributed by atoms with Crippen molar-refractivity contribution in [2.24, 2.45) is 0 Å². The van der Waals surface area contributed by atoms with Crippen molar-refractivity contribution in [3.8, 4) is 0 Å². The maximum absolute atomic E-state index is 10.3. The van der Waals surface area contributed by atoms with E-state index in [0.29, 0.717) is 6.29 Å². The van der Waals surface area contributed by atoms with Crippen LogP contribution in [0.1, 0.15) is 20.7 Å². The lowest BCUT2D eigenvalue weighted by Gasteiger charge is -1.92. The molecule has 4 nitrogen and oxygen atoms in total. The number of carboxylic acids is 1. The van der Waals surface area contributed by atoms with Crippen LogP contribution < -0.4 is 0 Å². The van der Waals surface area contributed by atoms with Crippen molar-refractivity contribution in [2.45, 2.75) is 0 Å². The number of hydrogen-bond acceptors (Lipinski definition) is 3. The first kappa shape index (κ1) is 7.40. The number of hydrogen-bond donors (Lipinski definition) is 1. The quantitative estimate of drug-likeness (QED) is 0.628. The Hall–Kier alpha value is -1.71. The molecule has 0 fully saturated rings. The van der Waals surface area contributed by atoms with Crippen molar-refractivity contribution in [3.05, 3.63) is 29.6 Å². The highest BCUT2D eigenvalue weighted by Gasteiger charge is 2.02. The Balaban J connectivity index is 3.10. The van der Waals surface area contributed by atoms with Crippen molar-refractivity contribution >= 4 is 12.3 Å². The largest absolute Gasteiger partial charge is 0.478 e. The molecule has 1 aromatic heterocycles. The lowest BCUT2D eigenvalue weighted by molar-refractivity contribution is 0.0696.